The van der Waals surface area contributed by atoms with Crippen molar-refractivity contribution in [3.05, 3.63) is 69.5 Å². The second kappa shape index (κ2) is 10.5. The number of halogens is 4. The first-order valence-corrected chi connectivity index (χ1v) is 10.2. The Morgan fingerprint density at radius 1 is 1.25 bits per heavy atom. The number of benzene rings is 1. The van der Waals surface area contributed by atoms with Crippen LogP contribution in [0.4, 0.5) is 18.9 Å². The highest BCUT2D eigenvalue weighted by Crippen LogP contribution is 2.34. The molecule has 0 aliphatic rings. The summed E-state index contributed by atoms with van der Waals surface area (Å²) in [7, 11) is 1.25. The predicted molar refractivity (Wildman–Crippen MR) is 118 cm³/mol. The molecular weight excluding hydrogens is 445 g/mol. The summed E-state index contributed by atoms with van der Waals surface area (Å²) < 4.78 is 41.0. The molecule has 2 rings (SSSR count). The molecule has 10 heteroatoms. The van der Waals surface area contributed by atoms with Crippen molar-refractivity contribution in [2.75, 3.05) is 11.9 Å². The number of nitrogens with one attached hydrogen (secondary N) is 2. The highest BCUT2D eigenvalue weighted by molar-refractivity contribution is 6.34. The van der Waals surface area contributed by atoms with Gasteiger partial charge in [0.1, 0.15) is 11.3 Å². The summed E-state index contributed by atoms with van der Waals surface area (Å²) in [6.45, 7) is 5.29. The van der Waals surface area contributed by atoms with Gasteiger partial charge >= 0.3 is 6.18 Å². The van der Waals surface area contributed by atoms with Crippen LogP contribution in [0.15, 0.2) is 42.0 Å². The smallest absolute Gasteiger partial charge is 0.348 e. The monoisotopic (exact) mass is 468 g/mol. The largest absolute Gasteiger partial charge is 0.420 e. The Kier molecular flexibility index (Phi) is 8.26. The molecule has 0 unspecified atom stereocenters. The van der Waals surface area contributed by atoms with Gasteiger partial charge in [-0.1, -0.05) is 36.8 Å². The lowest BCUT2D eigenvalue weighted by molar-refractivity contribution is -0.138. The molecule has 1 aromatic heterocycles. The van der Waals surface area contributed by atoms with E-state index in [4.69, 9.17) is 11.6 Å². The minimum atomic E-state index is -4.74. The SMILES string of the molecule is C/C=C(\C=C/CC)CNC(=O)c1cc(NC(=O)c2c(C(F)(F)F)c(C)nn2C)ccc1Cl. The first-order valence-electron chi connectivity index (χ1n) is 9.81. The quantitative estimate of drug-likeness (QED) is 0.542. The van der Waals surface area contributed by atoms with E-state index in [0.29, 0.717) is 0 Å². The molecule has 0 fully saturated rings. The molecule has 0 radical (unpaired) electrons. The molecule has 0 saturated heterocycles. The third kappa shape index (κ3) is 6.00. The highest BCUT2D eigenvalue weighted by Gasteiger charge is 2.40. The average molecular weight is 469 g/mol. The topological polar surface area (TPSA) is 76.0 Å². The van der Waals surface area contributed by atoms with Crippen LogP contribution in [0, 0.1) is 6.92 Å². The van der Waals surface area contributed by atoms with E-state index in [2.05, 4.69) is 15.7 Å². The van der Waals surface area contributed by atoms with Gasteiger partial charge in [0.25, 0.3) is 11.8 Å². The molecule has 2 N–H and O–H groups in total. The maximum atomic E-state index is 13.4. The maximum Gasteiger partial charge on any atom is 0.420 e. The van der Waals surface area contributed by atoms with E-state index < -0.39 is 29.2 Å². The van der Waals surface area contributed by atoms with Crippen molar-refractivity contribution in [1.29, 1.82) is 0 Å². The first kappa shape index (κ1) is 25.2. The van der Waals surface area contributed by atoms with E-state index in [9.17, 15) is 22.8 Å². The average Bonchev–Trinajstić information content (AvgIpc) is 3.03. The van der Waals surface area contributed by atoms with Crippen molar-refractivity contribution in [3.63, 3.8) is 0 Å². The number of carbonyl (C=O) groups excluding carboxylic acids is 2. The molecule has 1 heterocycles. The second-order valence-electron chi connectivity index (χ2n) is 6.94. The van der Waals surface area contributed by atoms with E-state index in [1.54, 1.807) is 0 Å². The Morgan fingerprint density at radius 3 is 2.53 bits per heavy atom. The van der Waals surface area contributed by atoms with Crippen molar-refractivity contribution < 1.29 is 22.8 Å². The number of anilines is 1. The van der Waals surface area contributed by atoms with Crippen LogP contribution in [0.5, 0.6) is 0 Å². The summed E-state index contributed by atoms with van der Waals surface area (Å²) in [6.07, 6.45) is 1.82. The number of aromatic nitrogens is 2. The lowest BCUT2D eigenvalue weighted by atomic mass is 10.1. The third-order valence-electron chi connectivity index (χ3n) is 4.58. The Balaban J connectivity index is 2.24. The fraction of sp³-hybridized carbons (Fsp3) is 0.318. The van der Waals surface area contributed by atoms with Gasteiger partial charge in [0.05, 0.1) is 16.3 Å². The van der Waals surface area contributed by atoms with E-state index >= 15 is 0 Å². The number of rotatable bonds is 7. The first-order chi connectivity index (χ1) is 15.0. The van der Waals surface area contributed by atoms with Gasteiger partial charge in [0.2, 0.25) is 0 Å². The number of amides is 2. The van der Waals surface area contributed by atoms with E-state index in [-0.39, 0.29) is 28.5 Å². The van der Waals surface area contributed by atoms with E-state index in [1.165, 1.54) is 32.2 Å². The molecule has 1 aromatic carbocycles. The second-order valence-corrected chi connectivity index (χ2v) is 7.34. The predicted octanol–water partition coefficient (Wildman–Crippen LogP) is 5.30. The summed E-state index contributed by atoms with van der Waals surface area (Å²) in [5.74, 6) is -1.49. The lowest BCUT2D eigenvalue weighted by Crippen LogP contribution is -2.26. The Hall–Kier alpha value is -3.07. The normalized spacial score (nSPS) is 12.3. The third-order valence-corrected chi connectivity index (χ3v) is 4.91. The van der Waals surface area contributed by atoms with Gasteiger partial charge in [0.15, 0.2) is 0 Å². The van der Waals surface area contributed by atoms with Gasteiger partial charge in [-0.15, -0.1) is 0 Å². The van der Waals surface area contributed by atoms with Crippen molar-refractivity contribution >= 4 is 29.1 Å². The Bertz CT molecular complexity index is 1070. The van der Waals surface area contributed by atoms with Gasteiger partial charge in [-0.2, -0.15) is 18.3 Å². The van der Waals surface area contributed by atoms with Gasteiger partial charge in [-0.3, -0.25) is 14.3 Å². The molecule has 0 atom stereocenters. The molecule has 32 heavy (non-hydrogen) atoms. The molecule has 0 aliphatic carbocycles. The number of allylic oxidation sites excluding steroid dienone is 2. The van der Waals surface area contributed by atoms with Gasteiger partial charge in [-0.25, -0.2) is 0 Å². The fourth-order valence-corrected chi connectivity index (χ4v) is 3.23. The van der Waals surface area contributed by atoms with Crippen molar-refractivity contribution in [1.82, 2.24) is 15.1 Å². The van der Waals surface area contributed by atoms with Gasteiger partial charge in [0, 0.05) is 19.3 Å². The van der Waals surface area contributed by atoms with Gasteiger partial charge < -0.3 is 10.6 Å². The number of aryl methyl sites for hydroxylation is 2. The Morgan fingerprint density at radius 2 is 1.94 bits per heavy atom. The van der Waals surface area contributed by atoms with Crippen LogP contribution in [0.1, 0.15) is 52.4 Å². The number of alkyl halides is 3. The zero-order valence-corrected chi connectivity index (χ0v) is 18.9. The molecular formula is C22H24ClF3N4O2. The van der Waals surface area contributed by atoms with Gasteiger partial charge in [-0.05, 0) is 44.0 Å². The molecule has 0 aliphatic heterocycles. The van der Waals surface area contributed by atoms with Crippen molar-refractivity contribution in [3.8, 4) is 0 Å². The molecule has 172 valence electrons. The molecule has 0 saturated carbocycles. The highest BCUT2D eigenvalue weighted by atomic mass is 35.5. The van der Waals surface area contributed by atoms with Crippen LogP contribution in [-0.2, 0) is 13.2 Å². The van der Waals surface area contributed by atoms with Crippen LogP contribution < -0.4 is 10.6 Å². The zero-order chi connectivity index (χ0) is 24.1. The van der Waals surface area contributed by atoms with Crippen molar-refractivity contribution in [2.24, 2.45) is 7.05 Å². The number of hydrogen-bond donors (Lipinski definition) is 2. The fourth-order valence-electron chi connectivity index (χ4n) is 3.03. The molecule has 6 nitrogen and oxygen atoms in total. The van der Waals surface area contributed by atoms with Crippen LogP contribution in [0.25, 0.3) is 0 Å². The number of hydrogen-bond acceptors (Lipinski definition) is 3. The van der Waals surface area contributed by atoms with Crippen LogP contribution in [0.3, 0.4) is 0 Å². The Labute approximate surface area is 189 Å². The number of nitrogens with zero attached hydrogens (tertiary/aromatic N) is 2. The molecule has 2 aromatic rings. The lowest BCUT2D eigenvalue weighted by Gasteiger charge is -2.12. The summed E-state index contributed by atoms with van der Waals surface area (Å²) in [5, 5.41) is 8.97. The van der Waals surface area contributed by atoms with Crippen LogP contribution >= 0.6 is 11.6 Å². The van der Waals surface area contributed by atoms with Crippen LogP contribution in [0.2, 0.25) is 5.02 Å². The molecule has 0 spiro atoms. The van der Waals surface area contributed by atoms with E-state index in [0.717, 1.165) is 16.7 Å². The van der Waals surface area contributed by atoms with E-state index in [1.807, 2.05) is 32.1 Å². The maximum absolute atomic E-state index is 13.4. The zero-order valence-electron chi connectivity index (χ0n) is 18.1. The summed E-state index contributed by atoms with van der Waals surface area (Å²) in [4.78, 5) is 25.2. The summed E-state index contributed by atoms with van der Waals surface area (Å²) in [6, 6.07) is 4.09. The van der Waals surface area contributed by atoms with Crippen LogP contribution in [-0.4, -0.2) is 28.1 Å². The molecule has 2 amide bonds. The summed E-state index contributed by atoms with van der Waals surface area (Å²) in [5.41, 5.74) is -0.949. The minimum absolute atomic E-state index is 0.0802. The van der Waals surface area contributed by atoms with Crippen molar-refractivity contribution in [2.45, 2.75) is 33.4 Å². The number of carbonyl (C=O) groups is 2. The molecule has 0 bridgehead atoms. The minimum Gasteiger partial charge on any atom is -0.348 e. The summed E-state index contributed by atoms with van der Waals surface area (Å²) >= 11 is 6.13. The standard InChI is InChI=1S/C22H24ClF3N4O2/c1-5-7-8-14(6-2)12-27-20(31)16-11-15(9-10-17(16)23)28-21(32)19-18(22(24,25)26)13(3)29-30(19)4/h6-11H,5,12H2,1-4H3,(H,27,31)(H,28,32)/b8-7-,14-6+.